The molecule has 25 heavy (non-hydrogen) atoms. The SMILES string of the molecule is COc1ccc(C(CC(=O)Nc2ccc(C)cc2O)NC(C)=O)cc1. The highest BCUT2D eigenvalue weighted by Gasteiger charge is 2.18. The molecular formula is C19H22N2O4. The molecule has 6 heteroatoms. The first-order valence-corrected chi connectivity index (χ1v) is 7.89. The Kier molecular flexibility index (Phi) is 6.00. The first-order valence-electron chi connectivity index (χ1n) is 7.89. The van der Waals surface area contributed by atoms with Crippen LogP contribution < -0.4 is 15.4 Å². The number of rotatable bonds is 6. The number of phenols is 1. The van der Waals surface area contributed by atoms with E-state index in [0.717, 1.165) is 11.1 Å². The molecule has 132 valence electrons. The van der Waals surface area contributed by atoms with Gasteiger partial charge in [-0.15, -0.1) is 0 Å². The summed E-state index contributed by atoms with van der Waals surface area (Å²) >= 11 is 0. The number of aryl methyl sites for hydroxylation is 1. The van der Waals surface area contributed by atoms with Crippen LogP contribution in [0.1, 0.15) is 30.5 Å². The van der Waals surface area contributed by atoms with Crippen LogP contribution in [0.4, 0.5) is 5.69 Å². The van der Waals surface area contributed by atoms with Gasteiger partial charge in [0.2, 0.25) is 11.8 Å². The lowest BCUT2D eigenvalue weighted by atomic mass is 10.0. The number of methoxy groups -OCH3 is 1. The van der Waals surface area contributed by atoms with Gasteiger partial charge in [-0.1, -0.05) is 18.2 Å². The van der Waals surface area contributed by atoms with Crippen molar-refractivity contribution in [3.05, 3.63) is 53.6 Å². The lowest BCUT2D eigenvalue weighted by Crippen LogP contribution is -2.29. The smallest absolute Gasteiger partial charge is 0.226 e. The van der Waals surface area contributed by atoms with E-state index in [0.29, 0.717) is 11.4 Å². The predicted octanol–water partition coefficient (Wildman–Crippen LogP) is 2.92. The Bertz CT molecular complexity index is 757. The monoisotopic (exact) mass is 342 g/mol. The third-order valence-electron chi connectivity index (χ3n) is 3.71. The van der Waals surface area contributed by atoms with E-state index in [1.807, 2.05) is 6.92 Å². The molecule has 0 heterocycles. The molecule has 6 nitrogen and oxygen atoms in total. The van der Waals surface area contributed by atoms with Crippen LogP contribution in [0.2, 0.25) is 0 Å². The van der Waals surface area contributed by atoms with Crippen molar-refractivity contribution in [3.8, 4) is 11.5 Å². The second-order valence-electron chi connectivity index (χ2n) is 5.80. The fourth-order valence-corrected chi connectivity index (χ4v) is 2.47. The van der Waals surface area contributed by atoms with E-state index in [4.69, 9.17) is 4.74 Å². The van der Waals surface area contributed by atoms with Crippen LogP contribution in [0.25, 0.3) is 0 Å². The fraction of sp³-hybridized carbons (Fsp3) is 0.263. The lowest BCUT2D eigenvalue weighted by Gasteiger charge is -2.18. The maximum atomic E-state index is 12.3. The second kappa shape index (κ2) is 8.19. The van der Waals surface area contributed by atoms with Crippen molar-refractivity contribution in [1.82, 2.24) is 5.32 Å². The van der Waals surface area contributed by atoms with Crippen LogP contribution in [0.5, 0.6) is 11.5 Å². The van der Waals surface area contributed by atoms with Crippen LogP contribution in [-0.2, 0) is 9.59 Å². The van der Waals surface area contributed by atoms with Gasteiger partial charge in [0.1, 0.15) is 11.5 Å². The van der Waals surface area contributed by atoms with Gasteiger partial charge in [-0.2, -0.15) is 0 Å². The molecule has 2 aromatic rings. The van der Waals surface area contributed by atoms with Crippen molar-refractivity contribution in [2.45, 2.75) is 26.3 Å². The maximum absolute atomic E-state index is 12.3. The number of phenolic OH excluding ortho intramolecular Hbond substituents is 1. The predicted molar refractivity (Wildman–Crippen MR) is 95.6 cm³/mol. The highest BCUT2D eigenvalue weighted by molar-refractivity contribution is 5.93. The van der Waals surface area contributed by atoms with Crippen molar-refractivity contribution in [2.24, 2.45) is 0 Å². The molecule has 2 rings (SSSR count). The van der Waals surface area contributed by atoms with Crippen LogP contribution >= 0.6 is 0 Å². The van der Waals surface area contributed by atoms with Gasteiger partial charge in [0.15, 0.2) is 0 Å². The third kappa shape index (κ3) is 5.24. The second-order valence-corrected chi connectivity index (χ2v) is 5.80. The van der Waals surface area contributed by atoms with Gasteiger partial charge in [0.25, 0.3) is 0 Å². The molecule has 1 atom stereocenters. The molecule has 0 aliphatic carbocycles. The van der Waals surface area contributed by atoms with Gasteiger partial charge in [0, 0.05) is 6.92 Å². The number of carbonyl (C=O) groups excluding carboxylic acids is 2. The highest BCUT2D eigenvalue weighted by atomic mass is 16.5. The number of benzene rings is 2. The Labute approximate surface area is 146 Å². The number of hydrogen-bond donors (Lipinski definition) is 3. The number of carbonyl (C=O) groups is 2. The average molecular weight is 342 g/mol. The zero-order valence-electron chi connectivity index (χ0n) is 14.5. The summed E-state index contributed by atoms with van der Waals surface area (Å²) in [5.41, 5.74) is 2.02. The molecule has 0 aliphatic rings. The number of anilines is 1. The van der Waals surface area contributed by atoms with Crippen LogP contribution in [0.3, 0.4) is 0 Å². The lowest BCUT2D eigenvalue weighted by molar-refractivity contribution is -0.120. The average Bonchev–Trinajstić information content (AvgIpc) is 2.56. The summed E-state index contributed by atoms with van der Waals surface area (Å²) in [5, 5.41) is 15.3. The van der Waals surface area contributed by atoms with Crippen molar-refractivity contribution < 1.29 is 19.4 Å². The van der Waals surface area contributed by atoms with E-state index < -0.39 is 6.04 Å². The van der Waals surface area contributed by atoms with E-state index in [1.165, 1.54) is 6.92 Å². The van der Waals surface area contributed by atoms with Gasteiger partial charge in [0.05, 0.1) is 25.3 Å². The van der Waals surface area contributed by atoms with E-state index in [9.17, 15) is 14.7 Å². The molecule has 3 N–H and O–H groups in total. The topological polar surface area (TPSA) is 87.7 Å². The summed E-state index contributed by atoms with van der Waals surface area (Å²) in [7, 11) is 1.57. The third-order valence-corrected chi connectivity index (χ3v) is 3.71. The van der Waals surface area contributed by atoms with Crippen LogP contribution in [-0.4, -0.2) is 24.0 Å². The number of aromatic hydroxyl groups is 1. The van der Waals surface area contributed by atoms with Crippen LogP contribution in [0.15, 0.2) is 42.5 Å². The molecule has 0 fully saturated rings. The fourth-order valence-electron chi connectivity index (χ4n) is 2.47. The maximum Gasteiger partial charge on any atom is 0.226 e. The minimum atomic E-state index is -0.476. The molecule has 2 aromatic carbocycles. The van der Waals surface area contributed by atoms with Crippen molar-refractivity contribution >= 4 is 17.5 Å². The molecule has 0 radical (unpaired) electrons. The molecule has 0 spiro atoms. The van der Waals surface area contributed by atoms with E-state index >= 15 is 0 Å². The quantitative estimate of drug-likeness (QED) is 0.704. The van der Waals surface area contributed by atoms with E-state index in [-0.39, 0.29) is 24.0 Å². The van der Waals surface area contributed by atoms with Crippen molar-refractivity contribution in [1.29, 1.82) is 0 Å². The minimum Gasteiger partial charge on any atom is -0.506 e. The Morgan fingerprint density at radius 1 is 1.16 bits per heavy atom. The van der Waals surface area contributed by atoms with Gasteiger partial charge in [-0.05, 0) is 42.3 Å². The number of ether oxygens (including phenoxy) is 1. The molecular weight excluding hydrogens is 320 g/mol. The molecule has 0 saturated carbocycles. The van der Waals surface area contributed by atoms with Gasteiger partial charge in [-0.3, -0.25) is 9.59 Å². The Morgan fingerprint density at radius 2 is 1.84 bits per heavy atom. The number of hydrogen-bond acceptors (Lipinski definition) is 4. The Hall–Kier alpha value is -3.02. The summed E-state index contributed by atoms with van der Waals surface area (Å²) in [4.78, 5) is 23.8. The zero-order chi connectivity index (χ0) is 18.4. The zero-order valence-corrected chi connectivity index (χ0v) is 14.5. The van der Waals surface area contributed by atoms with Crippen molar-refractivity contribution in [2.75, 3.05) is 12.4 Å². The van der Waals surface area contributed by atoms with Gasteiger partial charge < -0.3 is 20.5 Å². The standard InChI is InChI=1S/C19H22N2O4/c1-12-4-9-16(18(23)10-12)21-19(24)11-17(20-13(2)22)14-5-7-15(25-3)8-6-14/h4-10,17,23H,11H2,1-3H3,(H,20,22)(H,21,24). The largest absolute Gasteiger partial charge is 0.506 e. The molecule has 1 unspecified atom stereocenters. The molecule has 0 aromatic heterocycles. The van der Waals surface area contributed by atoms with Crippen molar-refractivity contribution in [3.63, 3.8) is 0 Å². The first-order chi connectivity index (χ1) is 11.9. The normalized spacial score (nSPS) is 11.5. The minimum absolute atomic E-state index is 0.00822. The van der Waals surface area contributed by atoms with E-state index in [1.54, 1.807) is 49.6 Å². The number of nitrogens with one attached hydrogen (secondary N) is 2. The molecule has 0 aliphatic heterocycles. The first kappa shape index (κ1) is 18.3. The Morgan fingerprint density at radius 3 is 2.40 bits per heavy atom. The summed E-state index contributed by atoms with van der Waals surface area (Å²) in [6.07, 6.45) is 0.0409. The molecule has 0 bridgehead atoms. The van der Waals surface area contributed by atoms with E-state index in [2.05, 4.69) is 10.6 Å². The molecule has 2 amide bonds. The summed E-state index contributed by atoms with van der Waals surface area (Å²) < 4.78 is 5.12. The van der Waals surface area contributed by atoms with Gasteiger partial charge >= 0.3 is 0 Å². The van der Waals surface area contributed by atoms with Crippen LogP contribution in [0, 0.1) is 6.92 Å². The summed E-state index contributed by atoms with van der Waals surface area (Å²) in [6.45, 7) is 3.25. The van der Waals surface area contributed by atoms with Gasteiger partial charge in [-0.25, -0.2) is 0 Å². The summed E-state index contributed by atoms with van der Waals surface area (Å²) in [6, 6.07) is 11.7. The molecule has 0 saturated heterocycles. The highest BCUT2D eigenvalue weighted by Crippen LogP contribution is 2.25. The summed E-state index contributed by atoms with van der Waals surface area (Å²) in [5.74, 6) is 0.161. The Balaban J connectivity index is 2.12. The number of amides is 2.